The maximum Gasteiger partial charge on any atom is 0.307 e. The molecule has 0 amide bonds. The minimum absolute atomic E-state index is 0.0395. The zero-order valence-electron chi connectivity index (χ0n) is 12.6. The highest BCUT2D eigenvalue weighted by atomic mass is 35.5. The Morgan fingerprint density at radius 3 is 2.74 bits per heavy atom. The topological polar surface area (TPSA) is 37.3 Å². The van der Waals surface area contributed by atoms with Crippen LogP contribution < -0.4 is 0 Å². The summed E-state index contributed by atoms with van der Waals surface area (Å²) in [5.41, 5.74) is 1.08. The second-order valence-electron chi connectivity index (χ2n) is 5.99. The van der Waals surface area contributed by atoms with Gasteiger partial charge in [-0.15, -0.1) is 11.8 Å². The average Bonchev–Trinajstić information content (AvgIpc) is 3.03. The Morgan fingerprint density at radius 1 is 1.30 bits per heavy atom. The molecule has 2 nitrogen and oxygen atoms in total. The highest BCUT2D eigenvalue weighted by Crippen LogP contribution is 2.43. The quantitative estimate of drug-likeness (QED) is 0.826. The number of benzene rings is 1. The maximum atomic E-state index is 11.9. The van der Waals surface area contributed by atoms with Crippen LogP contribution in [0.1, 0.15) is 12.0 Å². The minimum Gasteiger partial charge on any atom is -0.481 e. The summed E-state index contributed by atoms with van der Waals surface area (Å²) in [4.78, 5) is 11.9. The monoisotopic (exact) mass is 346 g/mol. The zero-order valence-corrected chi connectivity index (χ0v) is 14.2. The Bertz CT molecular complexity index is 651. The number of carboxylic acids is 1. The molecule has 0 fully saturated rings. The summed E-state index contributed by atoms with van der Waals surface area (Å²) in [7, 11) is 0. The van der Waals surface area contributed by atoms with E-state index in [1.54, 1.807) is 11.8 Å². The summed E-state index contributed by atoms with van der Waals surface area (Å²) in [6.07, 6.45) is 9.60. The van der Waals surface area contributed by atoms with Crippen molar-refractivity contribution in [3.63, 3.8) is 0 Å². The molecule has 4 heteroatoms. The summed E-state index contributed by atoms with van der Waals surface area (Å²) in [6.45, 7) is 0. The molecule has 4 unspecified atom stereocenters. The van der Waals surface area contributed by atoms with E-state index < -0.39 is 11.9 Å². The van der Waals surface area contributed by atoms with E-state index in [-0.39, 0.29) is 11.2 Å². The van der Waals surface area contributed by atoms with E-state index >= 15 is 0 Å². The number of aliphatic carboxylic acids is 1. The molecule has 1 aromatic carbocycles. The van der Waals surface area contributed by atoms with Crippen LogP contribution in [0, 0.1) is 17.8 Å². The standard InChI is InChI=1S/C19H19ClO2S/c20-15-8-6-14(7-9-15)18-16(10-11-23-18)17(19(21)22)12-13-4-2-1-3-5-13/h1-6,8-11,14,16-18H,7,12H2,(H,21,22). The van der Waals surface area contributed by atoms with E-state index in [2.05, 4.69) is 17.6 Å². The maximum absolute atomic E-state index is 11.9. The zero-order chi connectivity index (χ0) is 16.2. The molecule has 0 aromatic heterocycles. The van der Waals surface area contributed by atoms with Crippen LogP contribution in [0.2, 0.25) is 0 Å². The van der Waals surface area contributed by atoms with Crippen molar-refractivity contribution in [1.82, 2.24) is 0 Å². The fourth-order valence-electron chi connectivity index (χ4n) is 3.29. The van der Waals surface area contributed by atoms with E-state index in [0.717, 1.165) is 17.0 Å². The molecular formula is C19H19ClO2S. The Labute approximate surface area is 145 Å². The van der Waals surface area contributed by atoms with Gasteiger partial charge >= 0.3 is 5.97 Å². The molecule has 1 aliphatic heterocycles. The number of rotatable bonds is 5. The number of carbonyl (C=O) groups is 1. The lowest BCUT2D eigenvalue weighted by Gasteiger charge is -2.30. The lowest BCUT2D eigenvalue weighted by atomic mass is 9.79. The molecule has 0 saturated carbocycles. The van der Waals surface area contributed by atoms with Crippen LogP contribution in [-0.2, 0) is 11.2 Å². The van der Waals surface area contributed by atoms with Gasteiger partial charge in [0.25, 0.3) is 0 Å². The van der Waals surface area contributed by atoms with Gasteiger partial charge in [0.05, 0.1) is 5.92 Å². The van der Waals surface area contributed by atoms with E-state index in [0.29, 0.717) is 12.3 Å². The van der Waals surface area contributed by atoms with Gasteiger partial charge in [0, 0.05) is 16.2 Å². The SMILES string of the molecule is O=C(O)C(Cc1ccccc1)C1C=CSC1C1C=CC(Cl)=CC1. The van der Waals surface area contributed by atoms with Crippen molar-refractivity contribution in [3.8, 4) is 0 Å². The molecule has 0 spiro atoms. The molecule has 3 rings (SSSR count). The number of halogens is 1. The molecule has 1 N–H and O–H groups in total. The Balaban J connectivity index is 1.77. The largest absolute Gasteiger partial charge is 0.481 e. The normalized spacial score (nSPS) is 27.7. The van der Waals surface area contributed by atoms with E-state index in [4.69, 9.17) is 11.6 Å². The second kappa shape index (κ2) is 7.41. The predicted octanol–water partition coefficient (Wildman–Crippen LogP) is 4.87. The summed E-state index contributed by atoms with van der Waals surface area (Å²) < 4.78 is 0. The van der Waals surface area contributed by atoms with Gasteiger partial charge in [-0.05, 0) is 35.8 Å². The fraction of sp³-hybridized carbons (Fsp3) is 0.316. The highest BCUT2D eigenvalue weighted by molar-refractivity contribution is 8.03. The summed E-state index contributed by atoms with van der Waals surface area (Å²) in [6, 6.07) is 9.87. The minimum atomic E-state index is -0.718. The number of hydrogen-bond donors (Lipinski definition) is 1. The summed E-state index contributed by atoms with van der Waals surface area (Å²) >= 11 is 7.75. The van der Waals surface area contributed by atoms with Crippen LogP contribution >= 0.6 is 23.4 Å². The molecule has 1 heterocycles. The molecule has 120 valence electrons. The fourth-order valence-corrected chi connectivity index (χ4v) is 4.77. The molecule has 0 radical (unpaired) electrons. The lowest BCUT2D eigenvalue weighted by molar-refractivity contribution is -0.143. The Kier molecular flexibility index (Phi) is 5.29. The van der Waals surface area contributed by atoms with Crippen LogP contribution in [0.3, 0.4) is 0 Å². The van der Waals surface area contributed by atoms with Crippen LogP contribution in [0.25, 0.3) is 0 Å². The highest BCUT2D eigenvalue weighted by Gasteiger charge is 2.38. The average molecular weight is 347 g/mol. The number of thioether (sulfide) groups is 1. The van der Waals surface area contributed by atoms with Crippen molar-refractivity contribution < 1.29 is 9.90 Å². The van der Waals surface area contributed by atoms with Crippen LogP contribution in [0.4, 0.5) is 0 Å². The van der Waals surface area contributed by atoms with Crippen molar-refractivity contribution >= 4 is 29.3 Å². The van der Waals surface area contributed by atoms with Gasteiger partial charge in [-0.2, -0.15) is 0 Å². The molecule has 4 atom stereocenters. The number of carboxylic acid groups (broad SMARTS) is 1. The van der Waals surface area contributed by atoms with Gasteiger partial charge in [0.1, 0.15) is 0 Å². The van der Waals surface area contributed by atoms with Gasteiger partial charge in [0.15, 0.2) is 0 Å². The predicted molar refractivity (Wildman–Crippen MR) is 96.5 cm³/mol. The second-order valence-corrected chi connectivity index (χ2v) is 7.51. The van der Waals surface area contributed by atoms with Gasteiger partial charge in [-0.3, -0.25) is 4.79 Å². The van der Waals surface area contributed by atoms with Crippen molar-refractivity contribution in [2.24, 2.45) is 17.8 Å². The van der Waals surface area contributed by atoms with Crippen molar-refractivity contribution in [1.29, 1.82) is 0 Å². The van der Waals surface area contributed by atoms with Crippen molar-refractivity contribution in [2.45, 2.75) is 18.1 Å². The van der Waals surface area contributed by atoms with Crippen molar-refractivity contribution in [2.75, 3.05) is 0 Å². The Morgan fingerprint density at radius 2 is 2.09 bits per heavy atom. The third kappa shape index (κ3) is 3.91. The first-order valence-electron chi connectivity index (χ1n) is 7.78. The third-order valence-corrected chi connectivity index (χ3v) is 6.08. The first kappa shape index (κ1) is 16.4. The van der Waals surface area contributed by atoms with Crippen LogP contribution in [0.15, 0.2) is 65.1 Å². The molecule has 1 aromatic rings. The first-order chi connectivity index (χ1) is 11.1. The van der Waals surface area contributed by atoms with Crippen LogP contribution in [-0.4, -0.2) is 16.3 Å². The van der Waals surface area contributed by atoms with E-state index in [1.807, 2.05) is 42.5 Å². The lowest BCUT2D eigenvalue weighted by Crippen LogP contribution is -2.33. The molecule has 0 saturated heterocycles. The van der Waals surface area contributed by atoms with Crippen LogP contribution in [0.5, 0.6) is 0 Å². The molecule has 23 heavy (non-hydrogen) atoms. The van der Waals surface area contributed by atoms with Gasteiger partial charge < -0.3 is 5.11 Å². The molecule has 2 aliphatic rings. The van der Waals surface area contributed by atoms with Crippen molar-refractivity contribution in [3.05, 3.63) is 70.6 Å². The van der Waals surface area contributed by atoms with Gasteiger partial charge in [-0.1, -0.05) is 60.2 Å². The smallest absolute Gasteiger partial charge is 0.307 e. The number of hydrogen-bond acceptors (Lipinski definition) is 2. The third-order valence-electron chi connectivity index (χ3n) is 4.51. The van der Waals surface area contributed by atoms with E-state index in [1.165, 1.54) is 0 Å². The summed E-state index contributed by atoms with van der Waals surface area (Å²) in [5.74, 6) is -0.745. The summed E-state index contributed by atoms with van der Waals surface area (Å²) in [5, 5.41) is 12.9. The van der Waals surface area contributed by atoms with E-state index in [9.17, 15) is 9.90 Å². The molecule has 1 aliphatic carbocycles. The number of allylic oxidation sites excluding steroid dienone is 5. The van der Waals surface area contributed by atoms with Gasteiger partial charge in [-0.25, -0.2) is 0 Å². The Hall–Kier alpha value is -1.45. The first-order valence-corrected chi connectivity index (χ1v) is 9.10. The molecular weight excluding hydrogens is 328 g/mol. The molecule has 0 bridgehead atoms. The van der Waals surface area contributed by atoms with Gasteiger partial charge in [0.2, 0.25) is 0 Å².